The molecule has 1 aromatic carbocycles. The summed E-state index contributed by atoms with van der Waals surface area (Å²) in [6.07, 6.45) is 5.77. The lowest BCUT2D eigenvalue weighted by molar-refractivity contribution is 0.541. The van der Waals surface area contributed by atoms with E-state index in [-0.39, 0.29) is 5.54 Å². The highest BCUT2D eigenvalue weighted by molar-refractivity contribution is 5.87. The fourth-order valence-electron chi connectivity index (χ4n) is 3.53. The average Bonchev–Trinajstić information content (AvgIpc) is 2.42. The molecule has 1 aromatic heterocycles. The van der Waals surface area contributed by atoms with Gasteiger partial charge >= 0.3 is 0 Å². The molecule has 2 nitrogen and oxygen atoms in total. The first-order chi connectivity index (χ1) is 9.52. The Morgan fingerprint density at radius 1 is 1.20 bits per heavy atom. The van der Waals surface area contributed by atoms with Crippen molar-refractivity contribution in [1.29, 1.82) is 0 Å². The van der Waals surface area contributed by atoms with Gasteiger partial charge < -0.3 is 5.73 Å². The van der Waals surface area contributed by atoms with Gasteiger partial charge in [0.2, 0.25) is 0 Å². The van der Waals surface area contributed by atoms with Crippen molar-refractivity contribution in [2.45, 2.75) is 58.4 Å². The molecule has 2 N–H and O–H groups in total. The minimum absolute atomic E-state index is 0.311. The van der Waals surface area contributed by atoms with Crippen LogP contribution < -0.4 is 5.73 Å². The maximum Gasteiger partial charge on any atom is 0.0740 e. The summed E-state index contributed by atoms with van der Waals surface area (Å²) in [6.45, 7) is 6.44. The van der Waals surface area contributed by atoms with Crippen LogP contribution in [0.1, 0.15) is 56.0 Å². The van der Waals surface area contributed by atoms with Crippen molar-refractivity contribution in [3.05, 3.63) is 40.6 Å². The number of hydrogen-bond acceptors (Lipinski definition) is 2. The zero-order valence-electron chi connectivity index (χ0n) is 12.8. The number of aryl methyl sites for hydroxylation is 2. The molecule has 106 valence electrons. The van der Waals surface area contributed by atoms with Crippen LogP contribution in [0, 0.1) is 0 Å². The molecule has 0 radical (unpaired) electrons. The Morgan fingerprint density at radius 2 is 1.95 bits per heavy atom. The van der Waals surface area contributed by atoms with Gasteiger partial charge in [-0.2, -0.15) is 0 Å². The van der Waals surface area contributed by atoms with Gasteiger partial charge in [-0.05, 0) is 62.6 Å². The first kappa shape index (κ1) is 13.6. The summed E-state index contributed by atoms with van der Waals surface area (Å²) in [7, 11) is 0. The molecule has 0 saturated heterocycles. The molecule has 1 aliphatic rings. The number of nitrogens with zero attached hydrogens (tertiary/aromatic N) is 1. The van der Waals surface area contributed by atoms with Gasteiger partial charge in [0.1, 0.15) is 0 Å². The second-order valence-corrected chi connectivity index (χ2v) is 6.51. The van der Waals surface area contributed by atoms with E-state index in [2.05, 4.69) is 39.0 Å². The van der Waals surface area contributed by atoms with Gasteiger partial charge in [-0.15, -0.1) is 0 Å². The third-order valence-electron chi connectivity index (χ3n) is 4.40. The van der Waals surface area contributed by atoms with E-state index in [1.54, 1.807) is 0 Å². The van der Waals surface area contributed by atoms with E-state index in [1.165, 1.54) is 46.1 Å². The Balaban J connectivity index is 2.42. The lowest BCUT2D eigenvalue weighted by Gasteiger charge is -2.29. The van der Waals surface area contributed by atoms with E-state index in [1.807, 2.05) is 0 Å². The van der Waals surface area contributed by atoms with Crippen molar-refractivity contribution in [3.8, 4) is 0 Å². The number of para-hydroxylation sites is 1. The Labute approximate surface area is 121 Å². The van der Waals surface area contributed by atoms with Crippen LogP contribution in [0.5, 0.6) is 0 Å². The van der Waals surface area contributed by atoms with Gasteiger partial charge in [0.15, 0.2) is 0 Å². The van der Waals surface area contributed by atoms with Gasteiger partial charge in [0.25, 0.3) is 0 Å². The van der Waals surface area contributed by atoms with Crippen molar-refractivity contribution < 1.29 is 0 Å². The summed E-state index contributed by atoms with van der Waals surface area (Å²) < 4.78 is 0. The Kier molecular flexibility index (Phi) is 3.29. The molecule has 0 bridgehead atoms. The first-order valence-corrected chi connectivity index (χ1v) is 7.75. The topological polar surface area (TPSA) is 38.9 Å². The van der Waals surface area contributed by atoms with E-state index in [0.29, 0.717) is 0 Å². The first-order valence-electron chi connectivity index (χ1n) is 7.75. The highest BCUT2D eigenvalue weighted by Gasteiger charge is 2.26. The van der Waals surface area contributed by atoms with Gasteiger partial charge in [0.05, 0.1) is 5.52 Å². The molecule has 0 saturated carbocycles. The second kappa shape index (κ2) is 4.85. The molecule has 20 heavy (non-hydrogen) atoms. The largest absolute Gasteiger partial charge is 0.322 e. The van der Waals surface area contributed by atoms with Crippen molar-refractivity contribution in [2.24, 2.45) is 5.73 Å². The highest BCUT2D eigenvalue weighted by Crippen LogP contribution is 2.35. The van der Waals surface area contributed by atoms with Crippen LogP contribution in [0.2, 0.25) is 0 Å². The molecular formula is C18H24N2. The Bertz CT molecular complexity index is 650. The summed E-state index contributed by atoms with van der Waals surface area (Å²) in [5.41, 5.74) is 12.7. The number of benzene rings is 1. The molecule has 0 amide bonds. The zero-order chi connectivity index (χ0) is 14.3. The fraction of sp³-hybridized carbons (Fsp3) is 0.500. The van der Waals surface area contributed by atoms with Gasteiger partial charge in [-0.25, -0.2) is 0 Å². The maximum absolute atomic E-state index is 6.51. The van der Waals surface area contributed by atoms with Crippen LogP contribution in [0.15, 0.2) is 18.2 Å². The highest BCUT2D eigenvalue weighted by atomic mass is 14.8. The van der Waals surface area contributed by atoms with Crippen LogP contribution in [-0.4, -0.2) is 4.98 Å². The van der Waals surface area contributed by atoms with Crippen molar-refractivity contribution in [1.82, 2.24) is 4.98 Å². The number of hydrogen-bond donors (Lipinski definition) is 1. The quantitative estimate of drug-likeness (QED) is 0.898. The Morgan fingerprint density at radius 3 is 2.65 bits per heavy atom. The van der Waals surface area contributed by atoms with Crippen LogP contribution >= 0.6 is 0 Å². The molecule has 1 aliphatic carbocycles. The summed E-state index contributed by atoms with van der Waals surface area (Å²) >= 11 is 0. The molecule has 2 heteroatoms. The predicted octanol–water partition coefficient (Wildman–Crippen LogP) is 3.87. The zero-order valence-corrected chi connectivity index (χ0v) is 12.8. The second-order valence-electron chi connectivity index (χ2n) is 6.51. The fourth-order valence-corrected chi connectivity index (χ4v) is 3.53. The van der Waals surface area contributed by atoms with E-state index in [9.17, 15) is 0 Å². The molecule has 2 aromatic rings. The molecular weight excluding hydrogens is 244 g/mol. The van der Waals surface area contributed by atoms with Crippen molar-refractivity contribution in [3.63, 3.8) is 0 Å². The normalized spacial score (nSPS) is 15.4. The lowest BCUT2D eigenvalue weighted by atomic mass is 9.81. The number of rotatable bonds is 2. The molecule has 1 heterocycles. The predicted molar refractivity (Wildman–Crippen MR) is 85.0 cm³/mol. The Hall–Kier alpha value is -1.41. The minimum Gasteiger partial charge on any atom is -0.322 e. The number of aromatic nitrogens is 1. The smallest absolute Gasteiger partial charge is 0.0740 e. The molecule has 0 spiro atoms. The van der Waals surface area contributed by atoms with Crippen LogP contribution in [0.4, 0.5) is 0 Å². The standard InChI is InChI=1S/C18H24N2/c1-4-12-8-7-10-14-16(18(2,3)19)13-9-5-6-11-15(13)20-17(12)14/h7-8,10H,4-6,9,11,19H2,1-3H3. The van der Waals surface area contributed by atoms with Crippen LogP contribution in [-0.2, 0) is 24.8 Å². The SMILES string of the molecule is CCc1cccc2c(C(C)(C)N)c3c(nc12)CCCC3. The third-order valence-corrected chi connectivity index (χ3v) is 4.40. The molecule has 0 aliphatic heterocycles. The third kappa shape index (κ3) is 2.12. The molecule has 3 rings (SSSR count). The van der Waals surface area contributed by atoms with E-state index in [0.717, 1.165) is 19.3 Å². The van der Waals surface area contributed by atoms with E-state index >= 15 is 0 Å². The number of fused-ring (bicyclic) bond motifs is 2. The molecule has 0 unspecified atom stereocenters. The summed E-state index contributed by atoms with van der Waals surface area (Å²) in [5.74, 6) is 0. The van der Waals surface area contributed by atoms with Gasteiger partial charge in [-0.1, -0.05) is 25.1 Å². The van der Waals surface area contributed by atoms with Crippen LogP contribution in [0.25, 0.3) is 10.9 Å². The lowest BCUT2D eigenvalue weighted by Crippen LogP contribution is -2.32. The van der Waals surface area contributed by atoms with E-state index in [4.69, 9.17) is 10.7 Å². The van der Waals surface area contributed by atoms with Crippen molar-refractivity contribution in [2.75, 3.05) is 0 Å². The molecule has 0 fully saturated rings. The van der Waals surface area contributed by atoms with Crippen LogP contribution in [0.3, 0.4) is 0 Å². The van der Waals surface area contributed by atoms with Gasteiger partial charge in [-0.3, -0.25) is 4.98 Å². The number of nitrogens with two attached hydrogens (primary N) is 1. The maximum atomic E-state index is 6.51. The summed E-state index contributed by atoms with van der Waals surface area (Å²) in [4.78, 5) is 5.01. The average molecular weight is 268 g/mol. The van der Waals surface area contributed by atoms with Crippen molar-refractivity contribution >= 4 is 10.9 Å². The monoisotopic (exact) mass is 268 g/mol. The summed E-state index contributed by atoms with van der Waals surface area (Å²) in [6, 6.07) is 6.53. The van der Waals surface area contributed by atoms with Gasteiger partial charge in [0, 0.05) is 16.6 Å². The molecule has 0 atom stereocenters. The minimum atomic E-state index is -0.311. The summed E-state index contributed by atoms with van der Waals surface area (Å²) in [5, 5.41) is 1.26. The number of pyridine rings is 1. The van der Waals surface area contributed by atoms with E-state index < -0.39 is 0 Å².